The molecule has 2 atom stereocenters. The number of nitrogens with two attached hydrogens (primary N) is 1. The monoisotopic (exact) mass is 269 g/mol. The lowest BCUT2D eigenvalue weighted by molar-refractivity contribution is -0.125. The van der Waals surface area contributed by atoms with Gasteiger partial charge in [0.2, 0.25) is 5.91 Å². The summed E-state index contributed by atoms with van der Waals surface area (Å²) in [6.45, 7) is 10.1. The van der Waals surface area contributed by atoms with Gasteiger partial charge in [-0.2, -0.15) is 0 Å². The second-order valence-corrected chi connectivity index (χ2v) is 6.65. The van der Waals surface area contributed by atoms with Crippen LogP contribution in [-0.2, 0) is 4.79 Å². The van der Waals surface area contributed by atoms with Crippen molar-refractivity contribution in [2.75, 3.05) is 33.2 Å². The van der Waals surface area contributed by atoms with Gasteiger partial charge in [0.1, 0.15) is 0 Å². The average Bonchev–Trinajstić information content (AvgIpc) is 2.38. The zero-order chi connectivity index (χ0) is 14.5. The maximum atomic E-state index is 12.0. The highest BCUT2D eigenvalue weighted by Crippen LogP contribution is 2.33. The van der Waals surface area contributed by atoms with Crippen molar-refractivity contribution in [1.82, 2.24) is 10.2 Å². The van der Waals surface area contributed by atoms with E-state index in [-0.39, 0.29) is 17.2 Å². The number of piperidine rings is 1. The fourth-order valence-corrected chi connectivity index (χ4v) is 2.87. The van der Waals surface area contributed by atoms with Gasteiger partial charge in [0, 0.05) is 25.6 Å². The van der Waals surface area contributed by atoms with E-state index in [1.165, 1.54) is 19.4 Å². The van der Waals surface area contributed by atoms with E-state index in [0.29, 0.717) is 12.5 Å². The summed E-state index contributed by atoms with van der Waals surface area (Å²) < 4.78 is 0. The van der Waals surface area contributed by atoms with Gasteiger partial charge in [-0.25, -0.2) is 0 Å². The molecule has 0 radical (unpaired) electrons. The smallest absolute Gasteiger partial charge is 0.224 e. The highest BCUT2D eigenvalue weighted by molar-refractivity contribution is 5.78. The van der Waals surface area contributed by atoms with Crippen molar-refractivity contribution in [2.45, 2.75) is 40.0 Å². The highest BCUT2D eigenvalue weighted by Gasteiger charge is 2.32. The van der Waals surface area contributed by atoms with Gasteiger partial charge in [-0.05, 0) is 44.2 Å². The van der Waals surface area contributed by atoms with Gasteiger partial charge in [0.25, 0.3) is 0 Å². The summed E-state index contributed by atoms with van der Waals surface area (Å²) in [5.74, 6) is 0.733. The summed E-state index contributed by atoms with van der Waals surface area (Å²) in [6, 6.07) is 0. The largest absolute Gasteiger partial charge is 0.355 e. The Morgan fingerprint density at radius 3 is 2.74 bits per heavy atom. The van der Waals surface area contributed by atoms with Gasteiger partial charge in [0.05, 0.1) is 0 Å². The number of rotatable bonds is 6. The molecule has 1 fully saturated rings. The Labute approximate surface area is 118 Å². The molecule has 0 aromatic carbocycles. The van der Waals surface area contributed by atoms with Crippen LogP contribution in [0.3, 0.4) is 0 Å². The molecule has 1 aliphatic heterocycles. The lowest BCUT2D eigenvalue weighted by Crippen LogP contribution is -2.46. The predicted octanol–water partition coefficient (Wildman–Crippen LogP) is 1.46. The van der Waals surface area contributed by atoms with Crippen LogP contribution in [0.1, 0.15) is 40.0 Å². The maximum Gasteiger partial charge on any atom is 0.224 e. The zero-order valence-electron chi connectivity index (χ0n) is 13.0. The summed E-state index contributed by atoms with van der Waals surface area (Å²) in [5.41, 5.74) is 5.77. The summed E-state index contributed by atoms with van der Waals surface area (Å²) in [5, 5.41) is 3.10. The minimum atomic E-state index is -0.0372. The van der Waals surface area contributed by atoms with Crippen LogP contribution in [0, 0.1) is 17.3 Å². The Kier molecular flexibility index (Phi) is 6.27. The number of nitrogens with zero attached hydrogens (tertiary/aromatic N) is 1. The fourth-order valence-electron chi connectivity index (χ4n) is 2.87. The van der Waals surface area contributed by atoms with Crippen molar-refractivity contribution < 1.29 is 4.79 Å². The first kappa shape index (κ1) is 16.4. The van der Waals surface area contributed by atoms with Crippen molar-refractivity contribution in [3.8, 4) is 0 Å². The third-order valence-corrected chi connectivity index (χ3v) is 4.60. The van der Waals surface area contributed by atoms with Crippen LogP contribution in [0.15, 0.2) is 0 Å². The van der Waals surface area contributed by atoms with Gasteiger partial charge < -0.3 is 16.0 Å². The van der Waals surface area contributed by atoms with Crippen molar-refractivity contribution in [3.63, 3.8) is 0 Å². The van der Waals surface area contributed by atoms with Crippen LogP contribution in [0.4, 0.5) is 0 Å². The number of likely N-dealkylation sites (tertiary alicyclic amines) is 1. The van der Waals surface area contributed by atoms with Gasteiger partial charge in [-0.3, -0.25) is 4.79 Å². The number of hydrogen-bond acceptors (Lipinski definition) is 3. The van der Waals surface area contributed by atoms with Crippen LogP contribution in [-0.4, -0.2) is 44.0 Å². The van der Waals surface area contributed by atoms with E-state index in [0.717, 1.165) is 19.5 Å². The molecule has 1 amide bonds. The molecule has 112 valence electrons. The molecule has 3 N–H and O–H groups in total. The van der Waals surface area contributed by atoms with Gasteiger partial charge in [-0.15, -0.1) is 0 Å². The Balaban J connectivity index is 2.47. The molecular weight excluding hydrogens is 238 g/mol. The molecular formula is C15H31N3O. The lowest BCUT2D eigenvalue weighted by atomic mass is 9.74. The van der Waals surface area contributed by atoms with Crippen LogP contribution in [0.2, 0.25) is 0 Å². The second kappa shape index (κ2) is 7.25. The van der Waals surface area contributed by atoms with E-state index < -0.39 is 0 Å². The van der Waals surface area contributed by atoms with E-state index in [9.17, 15) is 4.79 Å². The minimum absolute atomic E-state index is 0.0372. The molecule has 19 heavy (non-hydrogen) atoms. The molecule has 0 saturated carbocycles. The molecule has 1 aliphatic rings. The quantitative estimate of drug-likeness (QED) is 0.767. The Hall–Kier alpha value is -0.610. The van der Waals surface area contributed by atoms with E-state index in [1.807, 2.05) is 6.92 Å². The summed E-state index contributed by atoms with van der Waals surface area (Å²) >= 11 is 0. The number of amides is 1. The topological polar surface area (TPSA) is 58.4 Å². The third-order valence-electron chi connectivity index (χ3n) is 4.60. The summed E-state index contributed by atoms with van der Waals surface area (Å²) in [4.78, 5) is 14.4. The average molecular weight is 269 g/mol. The first-order valence-electron chi connectivity index (χ1n) is 7.57. The number of nitrogens with one attached hydrogen (secondary N) is 1. The van der Waals surface area contributed by atoms with Gasteiger partial charge in [0.15, 0.2) is 0 Å². The third kappa shape index (κ3) is 4.77. The van der Waals surface area contributed by atoms with E-state index in [4.69, 9.17) is 5.73 Å². The lowest BCUT2D eigenvalue weighted by Gasteiger charge is -2.40. The van der Waals surface area contributed by atoms with Crippen LogP contribution in [0.25, 0.3) is 0 Å². The van der Waals surface area contributed by atoms with E-state index in [1.54, 1.807) is 0 Å². The first-order valence-corrected chi connectivity index (χ1v) is 7.57. The minimum Gasteiger partial charge on any atom is -0.355 e. The van der Waals surface area contributed by atoms with Gasteiger partial charge in [-0.1, -0.05) is 20.8 Å². The summed E-state index contributed by atoms with van der Waals surface area (Å²) in [6.07, 6.45) is 3.34. The standard InChI is InChI=1S/C15H31N3O/c1-5-12(9-16)14(19)17-11-15(2,3)13-7-6-8-18(4)10-13/h12-13H,5-11,16H2,1-4H3,(H,17,19). The predicted molar refractivity (Wildman–Crippen MR) is 79.8 cm³/mol. The van der Waals surface area contributed by atoms with Gasteiger partial charge >= 0.3 is 0 Å². The Morgan fingerprint density at radius 1 is 1.53 bits per heavy atom. The zero-order valence-corrected chi connectivity index (χ0v) is 13.0. The number of carbonyl (C=O) groups excluding carboxylic acids is 1. The number of hydrogen-bond donors (Lipinski definition) is 2. The van der Waals surface area contributed by atoms with E-state index >= 15 is 0 Å². The Morgan fingerprint density at radius 2 is 2.21 bits per heavy atom. The second-order valence-electron chi connectivity index (χ2n) is 6.65. The van der Waals surface area contributed by atoms with Crippen molar-refractivity contribution in [2.24, 2.45) is 23.0 Å². The van der Waals surface area contributed by atoms with Crippen molar-refractivity contribution >= 4 is 5.91 Å². The molecule has 2 unspecified atom stereocenters. The molecule has 0 aliphatic carbocycles. The normalized spacial score (nSPS) is 23.1. The molecule has 1 heterocycles. The molecule has 1 rings (SSSR count). The molecule has 1 saturated heterocycles. The summed E-state index contributed by atoms with van der Waals surface area (Å²) in [7, 11) is 2.18. The van der Waals surface area contributed by atoms with Crippen LogP contribution in [0.5, 0.6) is 0 Å². The molecule has 4 nitrogen and oxygen atoms in total. The van der Waals surface area contributed by atoms with Crippen molar-refractivity contribution in [3.05, 3.63) is 0 Å². The SMILES string of the molecule is CCC(CN)C(=O)NCC(C)(C)C1CCCN(C)C1. The molecule has 0 bridgehead atoms. The van der Waals surface area contributed by atoms with Crippen molar-refractivity contribution in [1.29, 1.82) is 0 Å². The first-order chi connectivity index (χ1) is 8.90. The van der Waals surface area contributed by atoms with Crippen LogP contribution >= 0.6 is 0 Å². The highest BCUT2D eigenvalue weighted by atomic mass is 16.1. The van der Waals surface area contributed by atoms with E-state index in [2.05, 4.69) is 31.1 Å². The maximum absolute atomic E-state index is 12.0. The fraction of sp³-hybridized carbons (Fsp3) is 0.933. The number of carbonyl (C=O) groups is 1. The molecule has 0 spiro atoms. The molecule has 4 heteroatoms. The molecule has 0 aromatic heterocycles. The Bertz CT molecular complexity index is 287. The molecule has 0 aromatic rings. The van der Waals surface area contributed by atoms with Crippen LogP contribution < -0.4 is 11.1 Å².